The number of anilines is 1. The molecule has 3 N–H and O–H groups in total. The zero-order valence-corrected chi connectivity index (χ0v) is 14.9. The molecule has 0 spiro atoms. The second-order valence-corrected chi connectivity index (χ2v) is 5.85. The lowest BCUT2D eigenvalue weighted by molar-refractivity contribution is -0.142. The van der Waals surface area contributed by atoms with E-state index in [9.17, 15) is 14.4 Å². The standard InChI is InChI=1S/C19H22N2O6/c1-2-3-8-15(19(24)25)21-17(22)12-27-14-7-4-6-13(11-14)20-18(23)16-9-5-10-26-16/h4-7,9-11,15H,2-3,8,12H2,1H3,(H,20,23)(H,21,22)(H,24,25)/t15-/m0/s1. The van der Waals surface area contributed by atoms with Crippen LogP contribution < -0.4 is 15.4 Å². The molecule has 0 unspecified atom stereocenters. The van der Waals surface area contributed by atoms with Gasteiger partial charge in [-0.25, -0.2) is 4.79 Å². The second kappa shape index (κ2) is 10.0. The van der Waals surface area contributed by atoms with Crippen molar-refractivity contribution in [3.8, 4) is 5.75 Å². The maximum atomic E-state index is 12.0. The molecule has 144 valence electrons. The van der Waals surface area contributed by atoms with E-state index in [-0.39, 0.29) is 12.4 Å². The van der Waals surface area contributed by atoms with E-state index in [1.54, 1.807) is 30.3 Å². The van der Waals surface area contributed by atoms with Gasteiger partial charge in [0.05, 0.1) is 6.26 Å². The number of hydrogen-bond donors (Lipinski definition) is 3. The van der Waals surface area contributed by atoms with Gasteiger partial charge in [0.2, 0.25) is 0 Å². The molecule has 8 heteroatoms. The van der Waals surface area contributed by atoms with Crippen molar-refractivity contribution in [3.05, 3.63) is 48.4 Å². The lowest BCUT2D eigenvalue weighted by atomic mass is 10.1. The van der Waals surface area contributed by atoms with Crippen LogP contribution in [0.4, 0.5) is 5.69 Å². The molecule has 1 aromatic heterocycles. The molecule has 8 nitrogen and oxygen atoms in total. The Morgan fingerprint density at radius 1 is 1.22 bits per heavy atom. The van der Waals surface area contributed by atoms with Gasteiger partial charge in [-0.2, -0.15) is 0 Å². The summed E-state index contributed by atoms with van der Waals surface area (Å²) in [7, 11) is 0. The number of benzene rings is 1. The topological polar surface area (TPSA) is 118 Å². The fourth-order valence-electron chi connectivity index (χ4n) is 2.31. The number of carbonyl (C=O) groups excluding carboxylic acids is 2. The third kappa shape index (κ3) is 6.50. The molecule has 0 radical (unpaired) electrons. The molecule has 0 aliphatic rings. The van der Waals surface area contributed by atoms with Crippen LogP contribution in [-0.2, 0) is 9.59 Å². The summed E-state index contributed by atoms with van der Waals surface area (Å²) in [6, 6.07) is 8.72. The van der Waals surface area contributed by atoms with Crippen LogP contribution in [0.3, 0.4) is 0 Å². The molecule has 1 aromatic carbocycles. The van der Waals surface area contributed by atoms with Crippen LogP contribution in [0.2, 0.25) is 0 Å². The van der Waals surface area contributed by atoms with E-state index in [1.165, 1.54) is 12.3 Å². The van der Waals surface area contributed by atoms with E-state index in [0.717, 1.165) is 6.42 Å². The van der Waals surface area contributed by atoms with Crippen LogP contribution in [-0.4, -0.2) is 35.5 Å². The van der Waals surface area contributed by atoms with Crippen LogP contribution in [0.25, 0.3) is 0 Å². The van der Waals surface area contributed by atoms with Crippen LogP contribution in [0.15, 0.2) is 47.1 Å². The summed E-state index contributed by atoms with van der Waals surface area (Å²) < 4.78 is 10.4. The Labute approximate surface area is 156 Å². The van der Waals surface area contributed by atoms with Gasteiger partial charge in [0.15, 0.2) is 12.4 Å². The number of carbonyl (C=O) groups is 3. The third-order valence-corrected chi connectivity index (χ3v) is 3.69. The number of nitrogens with one attached hydrogen (secondary N) is 2. The Hall–Kier alpha value is -3.29. The van der Waals surface area contributed by atoms with Crippen molar-refractivity contribution in [3.63, 3.8) is 0 Å². The normalized spacial score (nSPS) is 11.4. The molecule has 1 atom stereocenters. The molecule has 0 aliphatic carbocycles. The first-order valence-electron chi connectivity index (χ1n) is 8.59. The van der Waals surface area contributed by atoms with Crippen molar-refractivity contribution in [2.45, 2.75) is 32.2 Å². The number of amides is 2. The largest absolute Gasteiger partial charge is 0.484 e. The van der Waals surface area contributed by atoms with Gasteiger partial charge < -0.3 is 24.9 Å². The maximum absolute atomic E-state index is 12.0. The molecular weight excluding hydrogens is 352 g/mol. The summed E-state index contributed by atoms with van der Waals surface area (Å²) in [6.45, 7) is 1.62. The molecule has 2 aromatic rings. The van der Waals surface area contributed by atoms with Crippen molar-refractivity contribution in [1.82, 2.24) is 5.32 Å². The van der Waals surface area contributed by atoms with Crippen molar-refractivity contribution in [2.24, 2.45) is 0 Å². The van der Waals surface area contributed by atoms with Crippen molar-refractivity contribution in [2.75, 3.05) is 11.9 Å². The number of carboxylic acids is 1. The Kier molecular flexibility index (Phi) is 7.42. The van der Waals surface area contributed by atoms with E-state index in [1.807, 2.05) is 6.92 Å². The monoisotopic (exact) mass is 374 g/mol. The number of ether oxygens (including phenoxy) is 1. The summed E-state index contributed by atoms with van der Waals surface area (Å²) in [4.78, 5) is 35.0. The van der Waals surface area contributed by atoms with Crippen LogP contribution in [0.5, 0.6) is 5.75 Å². The minimum atomic E-state index is -1.07. The Bertz CT molecular complexity index is 772. The predicted molar refractivity (Wildman–Crippen MR) is 97.7 cm³/mol. The highest BCUT2D eigenvalue weighted by Crippen LogP contribution is 2.18. The SMILES string of the molecule is CCCC[C@H](NC(=O)COc1cccc(NC(=O)c2ccco2)c1)C(=O)O. The lowest BCUT2D eigenvalue weighted by Crippen LogP contribution is -2.42. The summed E-state index contributed by atoms with van der Waals surface area (Å²) >= 11 is 0. The highest BCUT2D eigenvalue weighted by molar-refractivity contribution is 6.02. The average Bonchev–Trinajstić information content (AvgIpc) is 3.18. The van der Waals surface area contributed by atoms with Crippen molar-refractivity contribution >= 4 is 23.5 Å². The quantitative estimate of drug-likeness (QED) is 0.588. The zero-order valence-electron chi connectivity index (χ0n) is 14.9. The number of furan rings is 1. The highest BCUT2D eigenvalue weighted by atomic mass is 16.5. The predicted octanol–water partition coefficient (Wildman–Crippen LogP) is 2.67. The van der Waals surface area contributed by atoms with E-state index in [4.69, 9.17) is 14.3 Å². The van der Waals surface area contributed by atoms with Gasteiger partial charge in [0, 0.05) is 11.8 Å². The fraction of sp³-hybridized carbons (Fsp3) is 0.316. The van der Waals surface area contributed by atoms with E-state index in [0.29, 0.717) is 24.3 Å². The number of aliphatic carboxylic acids is 1. The van der Waals surface area contributed by atoms with E-state index in [2.05, 4.69) is 10.6 Å². The maximum Gasteiger partial charge on any atom is 0.326 e. The van der Waals surface area contributed by atoms with Crippen LogP contribution in [0, 0.1) is 0 Å². The van der Waals surface area contributed by atoms with Gasteiger partial charge in [-0.3, -0.25) is 9.59 Å². The van der Waals surface area contributed by atoms with E-state index >= 15 is 0 Å². The number of rotatable bonds is 10. The first-order valence-corrected chi connectivity index (χ1v) is 8.59. The minimum absolute atomic E-state index is 0.174. The Morgan fingerprint density at radius 2 is 2.04 bits per heavy atom. The molecule has 0 saturated heterocycles. The van der Waals surface area contributed by atoms with Gasteiger partial charge in [-0.1, -0.05) is 25.8 Å². The van der Waals surface area contributed by atoms with Gasteiger partial charge in [0.1, 0.15) is 11.8 Å². The second-order valence-electron chi connectivity index (χ2n) is 5.85. The molecule has 27 heavy (non-hydrogen) atoms. The molecule has 2 amide bonds. The third-order valence-electron chi connectivity index (χ3n) is 3.69. The zero-order chi connectivity index (χ0) is 19.6. The van der Waals surface area contributed by atoms with Gasteiger partial charge in [-0.05, 0) is 30.7 Å². The lowest BCUT2D eigenvalue weighted by Gasteiger charge is -2.14. The van der Waals surface area contributed by atoms with Crippen molar-refractivity contribution < 1.29 is 28.6 Å². The Balaban J connectivity index is 1.87. The summed E-state index contributed by atoms with van der Waals surface area (Å²) in [5.74, 6) is -1.46. The van der Waals surface area contributed by atoms with Gasteiger partial charge >= 0.3 is 5.97 Å². The van der Waals surface area contributed by atoms with Gasteiger partial charge in [-0.15, -0.1) is 0 Å². The molecule has 0 aliphatic heterocycles. The number of unbranched alkanes of at least 4 members (excludes halogenated alkanes) is 1. The molecule has 0 bridgehead atoms. The highest BCUT2D eigenvalue weighted by Gasteiger charge is 2.19. The minimum Gasteiger partial charge on any atom is -0.484 e. The first-order chi connectivity index (χ1) is 13.0. The average molecular weight is 374 g/mol. The molecule has 2 rings (SSSR count). The van der Waals surface area contributed by atoms with Crippen LogP contribution in [0.1, 0.15) is 36.7 Å². The molecular formula is C19H22N2O6. The summed E-state index contributed by atoms with van der Waals surface area (Å²) in [5.41, 5.74) is 0.473. The summed E-state index contributed by atoms with van der Waals surface area (Å²) in [5, 5.41) is 14.2. The molecule has 0 fully saturated rings. The fourth-order valence-corrected chi connectivity index (χ4v) is 2.31. The first kappa shape index (κ1) is 20.0. The molecule has 0 saturated carbocycles. The van der Waals surface area contributed by atoms with Gasteiger partial charge in [0.25, 0.3) is 11.8 Å². The Morgan fingerprint density at radius 3 is 2.70 bits per heavy atom. The van der Waals surface area contributed by atoms with E-state index < -0.39 is 23.8 Å². The number of carboxylic acid groups (broad SMARTS) is 1. The summed E-state index contributed by atoms with van der Waals surface area (Å²) in [6.07, 6.45) is 3.31. The van der Waals surface area contributed by atoms with Crippen LogP contribution >= 0.6 is 0 Å². The molecule has 1 heterocycles. The smallest absolute Gasteiger partial charge is 0.326 e. The number of hydrogen-bond acceptors (Lipinski definition) is 5. The van der Waals surface area contributed by atoms with Crippen molar-refractivity contribution in [1.29, 1.82) is 0 Å².